The highest BCUT2D eigenvalue weighted by atomic mass is 15.2. The SMILES string of the molecule is C=C(C)CN1CCC(NC(=NCCCCCN2CCCCC2)NCC)CC1. The van der Waals surface area contributed by atoms with E-state index in [0.717, 1.165) is 38.7 Å². The van der Waals surface area contributed by atoms with E-state index >= 15 is 0 Å². The molecule has 2 aliphatic rings. The lowest BCUT2D eigenvalue weighted by atomic mass is 10.0. The summed E-state index contributed by atoms with van der Waals surface area (Å²) in [6, 6.07) is 0.545. The van der Waals surface area contributed by atoms with E-state index in [-0.39, 0.29) is 0 Å². The first-order chi connectivity index (χ1) is 13.2. The second kappa shape index (κ2) is 13.2. The Kier molecular flexibility index (Phi) is 10.8. The van der Waals surface area contributed by atoms with Gasteiger partial charge in [-0.15, -0.1) is 0 Å². The smallest absolute Gasteiger partial charge is 0.191 e. The highest BCUT2D eigenvalue weighted by molar-refractivity contribution is 5.80. The second-order valence-electron chi connectivity index (χ2n) is 8.38. The lowest BCUT2D eigenvalue weighted by Crippen LogP contribution is -2.48. The third-order valence-corrected chi connectivity index (χ3v) is 5.62. The summed E-state index contributed by atoms with van der Waals surface area (Å²) in [5, 5.41) is 7.07. The number of hydrogen-bond donors (Lipinski definition) is 2. The van der Waals surface area contributed by atoms with Crippen molar-refractivity contribution in [1.29, 1.82) is 0 Å². The number of guanidine groups is 1. The molecule has 0 saturated carbocycles. The molecule has 2 heterocycles. The van der Waals surface area contributed by atoms with Crippen molar-refractivity contribution in [2.24, 2.45) is 4.99 Å². The molecule has 2 N–H and O–H groups in total. The summed E-state index contributed by atoms with van der Waals surface area (Å²) in [5.74, 6) is 1.01. The Balaban J connectivity index is 1.60. The van der Waals surface area contributed by atoms with Gasteiger partial charge in [-0.1, -0.05) is 25.0 Å². The average molecular weight is 378 g/mol. The van der Waals surface area contributed by atoms with Gasteiger partial charge in [-0.05, 0) is 72.0 Å². The minimum Gasteiger partial charge on any atom is -0.357 e. The Labute approximate surface area is 167 Å². The topological polar surface area (TPSA) is 42.9 Å². The van der Waals surface area contributed by atoms with Crippen molar-refractivity contribution in [2.45, 2.75) is 71.3 Å². The third-order valence-electron chi connectivity index (χ3n) is 5.62. The average Bonchev–Trinajstić information content (AvgIpc) is 2.66. The van der Waals surface area contributed by atoms with E-state index in [1.54, 1.807) is 0 Å². The number of piperidine rings is 2. The van der Waals surface area contributed by atoms with E-state index in [1.165, 1.54) is 76.6 Å². The van der Waals surface area contributed by atoms with E-state index in [1.807, 2.05) is 0 Å². The van der Waals surface area contributed by atoms with Crippen molar-refractivity contribution >= 4 is 5.96 Å². The van der Waals surface area contributed by atoms with Crippen LogP contribution in [-0.2, 0) is 0 Å². The van der Waals surface area contributed by atoms with Crippen LogP contribution in [0.25, 0.3) is 0 Å². The highest BCUT2D eigenvalue weighted by Gasteiger charge is 2.19. The summed E-state index contributed by atoms with van der Waals surface area (Å²) in [6.45, 7) is 17.4. The molecule has 2 fully saturated rings. The quantitative estimate of drug-likeness (QED) is 0.265. The molecule has 0 aromatic heterocycles. The molecule has 5 nitrogen and oxygen atoms in total. The van der Waals surface area contributed by atoms with Crippen LogP contribution in [0.3, 0.4) is 0 Å². The van der Waals surface area contributed by atoms with Crippen molar-refractivity contribution in [2.75, 3.05) is 52.4 Å². The van der Waals surface area contributed by atoms with Gasteiger partial charge in [0.2, 0.25) is 0 Å². The monoisotopic (exact) mass is 377 g/mol. The summed E-state index contributed by atoms with van der Waals surface area (Å²) in [5.41, 5.74) is 1.26. The minimum atomic E-state index is 0.545. The van der Waals surface area contributed by atoms with Crippen LogP contribution in [0.2, 0.25) is 0 Å². The van der Waals surface area contributed by atoms with Crippen molar-refractivity contribution < 1.29 is 0 Å². The fourth-order valence-corrected chi connectivity index (χ4v) is 4.13. The molecule has 2 aliphatic heterocycles. The molecule has 156 valence electrons. The van der Waals surface area contributed by atoms with Crippen molar-refractivity contribution in [1.82, 2.24) is 20.4 Å². The Morgan fingerprint density at radius 3 is 2.41 bits per heavy atom. The lowest BCUT2D eigenvalue weighted by molar-refractivity contribution is 0.221. The number of likely N-dealkylation sites (tertiary alicyclic amines) is 2. The number of nitrogens with one attached hydrogen (secondary N) is 2. The number of unbranched alkanes of at least 4 members (excludes halogenated alkanes) is 2. The van der Waals surface area contributed by atoms with Crippen LogP contribution in [-0.4, -0.2) is 74.2 Å². The van der Waals surface area contributed by atoms with Crippen LogP contribution in [0.1, 0.15) is 65.2 Å². The first-order valence-corrected chi connectivity index (χ1v) is 11.3. The van der Waals surface area contributed by atoms with Gasteiger partial charge in [0, 0.05) is 38.8 Å². The zero-order valence-electron chi connectivity index (χ0n) is 17.9. The second-order valence-corrected chi connectivity index (χ2v) is 8.38. The maximum atomic E-state index is 4.81. The maximum Gasteiger partial charge on any atom is 0.191 e. The third kappa shape index (κ3) is 9.61. The molecular formula is C22H43N5. The molecule has 2 rings (SSSR count). The van der Waals surface area contributed by atoms with E-state index in [9.17, 15) is 0 Å². The van der Waals surface area contributed by atoms with Crippen LogP contribution >= 0.6 is 0 Å². The Morgan fingerprint density at radius 2 is 1.74 bits per heavy atom. The molecule has 5 heteroatoms. The summed E-state index contributed by atoms with van der Waals surface area (Å²) < 4.78 is 0. The van der Waals surface area contributed by atoms with Crippen molar-refractivity contribution in [3.8, 4) is 0 Å². The molecule has 0 aromatic rings. The van der Waals surface area contributed by atoms with Gasteiger partial charge >= 0.3 is 0 Å². The predicted octanol–water partition coefficient (Wildman–Crippen LogP) is 3.24. The Morgan fingerprint density at radius 1 is 1.00 bits per heavy atom. The van der Waals surface area contributed by atoms with E-state index in [0.29, 0.717) is 6.04 Å². The minimum absolute atomic E-state index is 0.545. The van der Waals surface area contributed by atoms with E-state index in [4.69, 9.17) is 4.99 Å². The van der Waals surface area contributed by atoms with Gasteiger partial charge in [-0.3, -0.25) is 9.89 Å². The highest BCUT2D eigenvalue weighted by Crippen LogP contribution is 2.12. The predicted molar refractivity (Wildman–Crippen MR) is 118 cm³/mol. The first-order valence-electron chi connectivity index (χ1n) is 11.3. The number of nitrogens with zero attached hydrogens (tertiary/aromatic N) is 3. The zero-order chi connectivity index (χ0) is 19.3. The summed E-state index contributed by atoms with van der Waals surface area (Å²) >= 11 is 0. The number of aliphatic imine (C=N–C) groups is 1. The molecule has 0 aromatic carbocycles. The van der Waals surface area contributed by atoms with Gasteiger partial charge in [-0.2, -0.15) is 0 Å². The lowest BCUT2D eigenvalue weighted by Gasteiger charge is -2.33. The van der Waals surface area contributed by atoms with Gasteiger partial charge < -0.3 is 15.5 Å². The van der Waals surface area contributed by atoms with Gasteiger partial charge in [0.15, 0.2) is 5.96 Å². The first kappa shape index (κ1) is 22.2. The van der Waals surface area contributed by atoms with Gasteiger partial charge in [0.05, 0.1) is 0 Å². The molecule has 0 atom stereocenters. The molecule has 0 aliphatic carbocycles. The molecular weight excluding hydrogens is 334 g/mol. The molecule has 0 amide bonds. The van der Waals surface area contributed by atoms with Gasteiger partial charge in [0.1, 0.15) is 0 Å². The van der Waals surface area contributed by atoms with Crippen molar-refractivity contribution in [3.05, 3.63) is 12.2 Å². The largest absolute Gasteiger partial charge is 0.357 e. The Hall–Kier alpha value is -1.07. The van der Waals surface area contributed by atoms with E-state index in [2.05, 4.69) is 40.9 Å². The van der Waals surface area contributed by atoms with Gasteiger partial charge in [0.25, 0.3) is 0 Å². The van der Waals surface area contributed by atoms with Crippen LogP contribution < -0.4 is 10.6 Å². The molecule has 27 heavy (non-hydrogen) atoms. The molecule has 0 radical (unpaired) electrons. The number of rotatable bonds is 10. The fraction of sp³-hybridized carbons (Fsp3) is 0.864. The zero-order valence-corrected chi connectivity index (χ0v) is 17.9. The van der Waals surface area contributed by atoms with E-state index < -0.39 is 0 Å². The summed E-state index contributed by atoms with van der Waals surface area (Å²) in [7, 11) is 0. The molecule has 0 unspecified atom stereocenters. The number of hydrogen-bond acceptors (Lipinski definition) is 3. The van der Waals surface area contributed by atoms with Crippen molar-refractivity contribution in [3.63, 3.8) is 0 Å². The normalized spacial score (nSPS) is 20.6. The fourth-order valence-electron chi connectivity index (χ4n) is 4.13. The van der Waals surface area contributed by atoms with Crippen LogP contribution in [0.15, 0.2) is 17.1 Å². The molecule has 0 bridgehead atoms. The van der Waals surface area contributed by atoms with Crippen LogP contribution in [0.4, 0.5) is 0 Å². The Bertz CT molecular complexity index is 434. The van der Waals surface area contributed by atoms with Gasteiger partial charge in [-0.25, -0.2) is 0 Å². The maximum absolute atomic E-state index is 4.81. The molecule has 2 saturated heterocycles. The van der Waals surface area contributed by atoms with Crippen LogP contribution in [0, 0.1) is 0 Å². The summed E-state index contributed by atoms with van der Waals surface area (Å²) in [6.07, 6.45) is 10.4. The van der Waals surface area contributed by atoms with Crippen LogP contribution in [0.5, 0.6) is 0 Å². The summed E-state index contributed by atoms with van der Waals surface area (Å²) in [4.78, 5) is 9.96. The molecule has 0 spiro atoms. The standard InChI is InChI=1S/C22H43N5/c1-4-23-22(25-21-11-17-27(18-12-21)19-20(2)3)24-13-7-5-8-14-26-15-9-6-10-16-26/h21H,2,4-19H2,1,3H3,(H2,23,24,25).